The van der Waals surface area contributed by atoms with Crippen LogP contribution in [0.15, 0.2) is 18.2 Å². The maximum absolute atomic E-state index is 12.6. The van der Waals surface area contributed by atoms with Crippen molar-refractivity contribution >= 4 is 46.7 Å². The molecule has 0 bridgehead atoms. The third kappa shape index (κ3) is 5.44. The van der Waals surface area contributed by atoms with E-state index in [0.29, 0.717) is 11.4 Å². The lowest BCUT2D eigenvalue weighted by molar-refractivity contribution is -0.142. The molecule has 0 radical (unpaired) electrons. The summed E-state index contributed by atoms with van der Waals surface area (Å²) in [5, 5.41) is 5.54. The number of nitrogens with two attached hydrogens (primary N) is 1. The average molecular weight is 457 g/mol. The number of H-pyrrole nitrogens is 1. The van der Waals surface area contributed by atoms with Gasteiger partial charge in [-0.1, -0.05) is 23.2 Å². The van der Waals surface area contributed by atoms with Crippen LogP contribution in [0.3, 0.4) is 0 Å². The molecule has 2 amide bonds. The highest BCUT2D eigenvalue weighted by Gasteiger charge is 2.21. The Labute approximate surface area is 183 Å². The highest BCUT2D eigenvalue weighted by Crippen LogP contribution is 2.31. The number of esters is 1. The van der Waals surface area contributed by atoms with Crippen molar-refractivity contribution in [2.45, 2.75) is 19.9 Å². The molecule has 0 spiro atoms. The second-order valence-electron chi connectivity index (χ2n) is 6.27. The van der Waals surface area contributed by atoms with Crippen molar-refractivity contribution in [1.82, 2.24) is 10.3 Å². The number of rotatable bonds is 8. The largest absolute Gasteiger partial charge is 0.490 e. The third-order valence-electron chi connectivity index (χ3n) is 4.05. The highest BCUT2D eigenvalue weighted by atomic mass is 35.5. The number of aryl methyl sites for hydroxylation is 1. The Kier molecular flexibility index (Phi) is 8.10. The first kappa shape index (κ1) is 23.5. The molecule has 0 aliphatic heterocycles. The van der Waals surface area contributed by atoms with Crippen molar-refractivity contribution in [1.29, 1.82) is 0 Å². The van der Waals surface area contributed by atoms with E-state index in [1.54, 1.807) is 6.92 Å². The Morgan fingerprint density at radius 1 is 1.20 bits per heavy atom. The summed E-state index contributed by atoms with van der Waals surface area (Å²) in [6.45, 7) is 3.56. The standard InChI is InChI=1S/C19H22Cl2N4O5/c1-9-14(20)15(21)16(23-9)18(27)25-12-5-4-11(8-13(12)30-7-6-22)17(26)24-10(2)19(28)29-3/h4-5,8,10,23H,6-7,22H2,1-3H3,(H,24,26)(H,25,27)/t10-/m0/s1. The van der Waals surface area contributed by atoms with Crippen molar-refractivity contribution < 1.29 is 23.9 Å². The number of benzene rings is 1. The molecule has 1 aromatic heterocycles. The number of halogens is 2. The molecule has 0 saturated heterocycles. The molecule has 1 atom stereocenters. The fourth-order valence-electron chi connectivity index (χ4n) is 2.48. The Hall–Kier alpha value is -2.75. The Bertz CT molecular complexity index is 961. The fraction of sp³-hybridized carbons (Fsp3) is 0.316. The fourth-order valence-corrected chi connectivity index (χ4v) is 2.90. The Morgan fingerprint density at radius 3 is 2.47 bits per heavy atom. The lowest BCUT2D eigenvalue weighted by atomic mass is 10.1. The number of nitrogens with one attached hydrogen (secondary N) is 3. The molecular formula is C19H22Cl2N4O5. The van der Waals surface area contributed by atoms with Gasteiger partial charge in [-0.15, -0.1) is 0 Å². The zero-order valence-electron chi connectivity index (χ0n) is 16.6. The quantitative estimate of drug-likeness (QED) is 0.450. The summed E-state index contributed by atoms with van der Waals surface area (Å²) in [7, 11) is 1.23. The minimum absolute atomic E-state index is 0.0951. The molecule has 2 rings (SSSR count). The molecule has 0 saturated carbocycles. The normalized spacial score (nSPS) is 11.5. The molecule has 0 aliphatic rings. The van der Waals surface area contributed by atoms with Gasteiger partial charge in [0.15, 0.2) is 0 Å². The van der Waals surface area contributed by atoms with Gasteiger partial charge >= 0.3 is 5.97 Å². The predicted octanol–water partition coefficient (Wildman–Crippen LogP) is 2.51. The number of anilines is 1. The molecule has 30 heavy (non-hydrogen) atoms. The van der Waals surface area contributed by atoms with Gasteiger partial charge in [0, 0.05) is 17.8 Å². The summed E-state index contributed by atoms with van der Waals surface area (Å²) >= 11 is 12.1. The molecule has 0 fully saturated rings. The van der Waals surface area contributed by atoms with Crippen LogP contribution in [0.25, 0.3) is 0 Å². The zero-order valence-corrected chi connectivity index (χ0v) is 18.1. The second-order valence-corrected chi connectivity index (χ2v) is 7.03. The summed E-state index contributed by atoms with van der Waals surface area (Å²) in [5.41, 5.74) is 6.65. The maximum Gasteiger partial charge on any atom is 0.328 e. The van der Waals surface area contributed by atoms with E-state index in [1.165, 1.54) is 32.2 Å². The van der Waals surface area contributed by atoms with E-state index < -0.39 is 23.8 Å². The van der Waals surface area contributed by atoms with Crippen molar-refractivity contribution in [2.24, 2.45) is 5.73 Å². The first-order valence-corrected chi connectivity index (χ1v) is 9.65. The molecular weight excluding hydrogens is 435 g/mol. The molecule has 5 N–H and O–H groups in total. The van der Waals surface area contributed by atoms with E-state index >= 15 is 0 Å². The number of carbonyl (C=O) groups is 3. The summed E-state index contributed by atoms with van der Waals surface area (Å²) < 4.78 is 10.2. The number of amides is 2. The van der Waals surface area contributed by atoms with Gasteiger partial charge in [-0.3, -0.25) is 9.59 Å². The van der Waals surface area contributed by atoms with Crippen LogP contribution in [-0.2, 0) is 9.53 Å². The summed E-state index contributed by atoms with van der Waals surface area (Å²) in [6.07, 6.45) is 0. The number of aromatic nitrogens is 1. The van der Waals surface area contributed by atoms with E-state index in [9.17, 15) is 14.4 Å². The Balaban J connectivity index is 2.27. The molecule has 0 unspecified atom stereocenters. The number of hydrogen-bond donors (Lipinski definition) is 4. The van der Waals surface area contributed by atoms with Crippen LogP contribution in [0.4, 0.5) is 5.69 Å². The van der Waals surface area contributed by atoms with Crippen LogP contribution in [0.2, 0.25) is 10.0 Å². The van der Waals surface area contributed by atoms with Crippen molar-refractivity contribution in [3.63, 3.8) is 0 Å². The lowest BCUT2D eigenvalue weighted by Crippen LogP contribution is -2.39. The van der Waals surface area contributed by atoms with E-state index in [4.69, 9.17) is 33.7 Å². The van der Waals surface area contributed by atoms with Crippen LogP contribution < -0.4 is 21.1 Å². The smallest absolute Gasteiger partial charge is 0.328 e. The van der Waals surface area contributed by atoms with E-state index in [0.717, 1.165) is 0 Å². The highest BCUT2D eigenvalue weighted by molar-refractivity contribution is 6.44. The van der Waals surface area contributed by atoms with Gasteiger partial charge in [-0.2, -0.15) is 0 Å². The molecule has 2 aromatic rings. The van der Waals surface area contributed by atoms with Gasteiger partial charge in [-0.25, -0.2) is 4.79 Å². The summed E-state index contributed by atoms with van der Waals surface area (Å²) in [6, 6.07) is 3.56. The lowest BCUT2D eigenvalue weighted by Gasteiger charge is -2.15. The minimum Gasteiger partial charge on any atom is -0.490 e. The van der Waals surface area contributed by atoms with Crippen molar-refractivity contribution in [3.8, 4) is 5.75 Å². The molecule has 1 aromatic carbocycles. The number of carbonyl (C=O) groups excluding carboxylic acids is 3. The zero-order chi connectivity index (χ0) is 22.4. The van der Waals surface area contributed by atoms with Crippen LogP contribution in [0.5, 0.6) is 5.75 Å². The van der Waals surface area contributed by atoms with Gasteiger partial charge < -0.3 is 30.8 Å². The van der Waals surface area contributed by atoms with Crippen molar-refractivity contribution in [2.75, 3.05) is 25.6 Å². The van der Waals surface area contributed by atoms with Crippen molar-refractivity contribution in [3.05, 3.63) is 45.2 Å². The maximum atomic E-state index is 12.6. The summed E-state index contributed by atoms with van der Waals surface area (Å²) in [4.78, 5) is 39.3. The van der Waals surface area contributed by atoms with Crippen LogP contribution in [-0.4, -0.2) is 49.1 Å². The third-order valence-corrected chi connectivity index (χ3v) is 5.00. The van der Waals surface area contributed by atoms with E-state index in [-0.39, 0.29) is 40.2 Å². The van der Waals surface area contributed by atoms with Crippen LogP contribution in [0, 0.1) is 6.92 Å². The molecule has 9 nitrogen and oxygen atoms in total. The first-order valence-electron chi connectivity index (χ1n) is 8.90. The number of methoxy groups -OCH3 is 1. The van der Waals surface area contributed by atoms with E-state index in [1.807, 2.05) is 0 Å². The van der Waals surface area contributed by atoms with Gasteiger partial charge in [0.25, 0.3) is 11.8 Å². The van der Waals surface area contributed by atoms with Gasteiger partial charge in [0.05, 0.1) is 22.8 Å². The number of ether oxygens (including phenoxy) is 2. The number of hydrogen-bond acceptors (Lipinski definition) is 6. The molecule has 11 heteroatoms. The predicted molar refractivity (Wildman–Crippen MR) is 113 cm³/mol. The van der Waals surface area contributed by atoms with Gasteiger partial charge in [-0.05, 0) is 32.0 Å². The first-order chi connectivity index (χ1) is 14.2. The van der Waals surface area contributed by atoms with E-state index in [2.05, 4.69) is 20.4 Å². The number of aromatic amines is 1. The monoisotopic (exact) mass is 456 g/mol. The van der Waals surface area contributed by atoms with Crippen LogP contribution >= 0.6 is 23.2 Å². The summed E-state index contributed by atoms with van der Waals surface area (Å²) in [5.74, 6) is -1.41. The molecule has 1 heterocycles. The minimum atomic E-state index is -0.835. The topological polar surface area (TPSA) is 136 Å². The Morgan fingerprint density at radius 2 is 1.90 bits per heavy atom. The average Bonchev–Trinajstić information content (AvgIpc) is 2.99. The van der Waals surface area contributed by atoms with Crippen LogP contribution in [0.1, 0.15) is 33.5 Å². The second kappa shape index (κ2) is 10.3. The SMILES string of the molecule is COC(=O)[C@H](C)NC(=O)c1ccc(NC(=O)c2[nH]c(C)c(Cl)c2Cl)c(OCCN)c1. The molecule has 0 aliphatic carbocycles. The van der Waals surface area contributed by atoms with Gasteiger partial charge in [0.1, 0.15) is 24.1 Å². The molecule has 162 valence electrons. The van der Waals surface area contributed by atoms with Gasteiger partial charge in [0.2, 0.25) is 0 Å².